The smallest absolute Gasteiger partial charge is 0.258 e. The van der Waals surface area contributed by atoms with Crippen LogP contribution in [0.3, 0.4) is 0 Å². The van der Waals surface area contributed by atoms with Gasteiger partial charge in [0.2, 0.25) is 0 Å². The number of fused-ring (bicyclic) bond motifs is 1. The van der Waals surface area contributed by atoms with Crippen molar-refractivity contribution in [1.29, 1.82) is 0 Å². The topological polar surface area (TPSA) is 43.1 Å². The molecule has 0 spiro atoms. The molecule has 0 aromatic heterocycles. The number of halogens is 2. The predicted octanol–water partition coefficient (Wildman–Crippen LogP) is 4.54. The minimum atomic E-state index is -0.523. The molecule has 0 heterocycles. The van der Waals surface area contributed by atoms with E-state index in [1.165, 1.54) is 18.2 Å². The fourth-order valence-corrected chi connectivity index (χ4v) is 2.96. The molecule has 0 atom stereocenters. The van der Waals surface area contributed by atoms with E-state index in [9.17, 15) is 14.5 Å². The molecule has 0 fully saturated rings. The van der Waals surface area contributed by atoms with E-state index in [4.69, 9.17) is 11.6 Å². The SMILES string of the molecule is O=[N+]([O-])c1ccc2c(c1-c1ccc(F)c(Cl)c1)CCC2. The Labute approximate surface area is 120 Å². The Morgan fingerprint density at radius 3 is 2.70 bits per heavy atom. The van der Waals surface area contributed by atoms with Crippen molar-refractivity contribution >= 4 is 17.3 Å². The Morgan fingerprint density at radius 1 is 1.20 bits per heavy atom. The number of nitro groups is 1. The van der Waals surface area contributed by atoms with Crippen LogP contribution in [0, 0.1) is 15.9 Å². The van der Waals surface area contributed by atoms with Crippen LogP contribution < -0.4 is 0 Å². The maximum absolute atomic E-state index is 13.3. The summed E-state index contributed by atoms with van der Waals surface area (Å²) in [5.74, 6) is -0.523. The van der Waals surface area contributed by atoms with E-state index in [1.807, 2.05) is 6.07 Å². The number of nitro benzene ring substituents is 1. The highest BCUT2D eigenvalue weighted by Gasteiger charge is 2.25. The number of benzene rings is 2. The zero-order valence-corrected chi connectivity index (χ0v) is 11.3. The van der Waals surface area contributed by atoms with Crippen LogP contribution in [0.5, 0.6) is 0 Å². The van der Waals surface area contributed by atoms with Gasteiger partial charge in [-0.1, -0.05) is 23.7 Å². The highest BCUT2D eigenvalue weighted by molar-refractivity contribution is 6.31. The second kappa shape index (κ2) is 4.87. The number of aryl methyl sites for hydroxylation is 1. The van der Waals surface area contributed by atoms with Crippen LogP contribution in [0.25, 0.3) is 11.1 Å². The van der Waals surface area contributed by atoms with E-state index in [1.54, 1.807) is 6.07 Å². The lowest BCUT2D eigenvalue weighted by Gasteiger charge is -2.10. The largest absolute Gasteiger partial charge is 0.277 e. The summed E-state index contributed by atoms with van der Waals surface area (Å²) in [6, 6.07) is 7.58. The second-order valence-electron chi connectivity index (χ2n) is 4.84. The first-order valence-corrected chi connectivity index (χ1v) is 6.70. The van der Waals surface area contributed by atoms with E-state index in [0.717, 1.165) is 30.4 Å². The Morgan fingerprint density at radius 2 is 2.00 bits per heavy atom. The molecule has 3 rings (SSSR count). The molecule has 0 unspecified atom stereocenters. The zero-order chi connectivity index (χ0) is 14.3. The summed E-state index contributed by atoms with van der Waals surface area (Å²) in [4.78, 5) is 10.8. The minimum absolute atomic E-state index is 0.0209. The summed E-state index contributed by atoms with van der Waals surface area (Å²) in [6.07, 6.45) is 2.72. The lowest BCUT2D eigenvalue weighted by atomic mass is 9.95. The normalized spacial score (nSPS) is 13.3. The lowest BCUT2D eigenvalue weighted by Crippen LogP contribution is -1.97. The Balaban J connectivity index is 2.28. The van der Waals surface area contributed by atoms with Gasteiger partial charge in [-0.2, -0.15) is 0 Å². The average Bonchev–Trinajstić information content (AvgIpc) is 2.89. The van der Waals surface area contributed by atoms with Crippen LogP contribution in [0.15, 0.2) is 30.3 Å². The molecule has 0 radical (unpaired) electrons. The number of hydrogen-bond donors (Lipinski definition) is 0. The molecule has 0 saturated carbocycles. The quantitative estimate of drug-likeness (QED) is 0.602. The van der Waals surface area contributed by atoms with Crippen LogP contribution >= 0.6 is 11.6 Å². The summed E-state index contributed by atoms with van der Waals surface area (Å²) in [6.45, 7) is 0. The maximum atomic E-state index is 13.3. The fraction of sp³-hybridized carbons (Fsp3) is 0.200. The van der Waals surface area contributed by atoms with Crippen LogP contribution in [0.2, 0.25) is 5.02 Å². The Bertz CT molecular complexity index is 715. The van der Waals surface area contributed by atoms with Crippen molar-refractivity contribution in [2.75, 3.05) is 0 Å². The van der Waals surface area contributed by atoms with Crippen molar-refractivity contribution in [3.63, 3.8) is 0 Å². The van der Waals surface area contributed by atoms with Crippen molar-refractivity contribution in [1.82, 2.24) is 0 Å². The zero-order valence-electron chi connectivity index (χ0n) is 10.5. The van der Waals surface area contributed by atoms with Crippen molar-refractivity contribution in [3.05, 3.63) is 62.4 Å². The van der Waals surface area contributed by atoms with E-state index < -0.39 is 10.7 Å². The molecule has 5 heteroatoms. The molecular formula is C15H11ClFNO2. The van der Waals surface area contributed by atoms with Crippen molar-refractivity contribution in [2.24, 2.45) is 0 Å². The van der Waals surface area contributed by atoms with E-state index >= 15 is 0 Å². The van der Waals surface area contributed by atoms with Gasteiger partial charge < -0.3 is 0 Å². The molecule has 3 nitrogen and oxygen atoms in total. The molecule has 0 bridgehead atoms. The third-order valence-electron chi connectivity index (χ3n) is 3.67. The van der Waals surface area contributed by atoms with Gasteiger partial charge in [0.1, 0.15) is 5.82 Å². The van der Waals surface area contributed by atoms with Gasteiger partial charge in [-0.3, -0.25) is 10.1 Å². The van der Waals surface area contributed by atoms with Gasteiger partial charge in [0.05, 0.1) is 15.5 Å². The van der Waals surface area contributed by atoms with Gasteiger partial charge in [-0.25, -0.2) is 4.39 Å². The van der Waals surface area contributed by atoms with Crippen LogP contribution in [0.4, 0.5) is 10.1 Å². The van der Waals surface area contributed by atoms with Gasteiger partial charge in [0.15, 0.2) is 0 Å². The summed E-state index contributed by atoms with van der Waals surface area (Å²) in [5, 5.41) is 11.2. The minimum Gasteiger partial charge on any atom is -0.258 e. The first kappa shape index (κ1) is 13.1. The monoisotopic (exact) mass is 291 g/mol. The molecular weight excluding hydrogens is 281 g/mol. The molecule has 102 valence electrons. The summed E-state index contributed by atoms with van der Waals surface area (Å²) in [7, 11) is 0. The van der Waals surface area contributed by atoms with Crippen molar-refractivity contribution in [2.45, 2.75) is 19.3 Å². The van der Waals surface area contributed by atoms with Gasteiger partial charge >= 0.3 is 0 Å². The predicted molar refractivity (Wildman–Crippen MR) is 75.5 cm³/mol. The van der Waals surface area contributed by atoms with Gasteiger partial charge in [-0.05, 0) is 48.1 Å². The molecule has 2 aromatic carbocycles. The third-order valence-corrected chi connectivity index (χ3v) is 3.96. The summed E-state index contributed by atoms with van der Waals surface area (Å²) < 4.78 is 13.3. The average molecular weight is 292 g/mol. The third kappa shape index (κ3) is 2.06. The highest BCUT2D eigenvalue weighted by Crippen LogP contribution is 2.40. The summed E-state index contributed by atoms with van der Waals surface area (Å²) >= 11 is 5.80. The standard InChI is InChI=1S/C15H11ClFNO2/c16-12-8-10(4-6-13(12)17)15-11-3-1-2-9(11)5-7-14(15)18(19)20/h4-8H,1-3H2. The molecule has 0 amide bonds. The first-order valence-electron chi connectivity index (χ1n) is 6.32. The molecule has 1 aliphatic rings. The second-order valence-corrected chi connectivity index (χ2v) is 5.24. The molecule has 0 saturated heterocycles. The van der Waals surface area contributed by atoms with Crippen LogP contribution in [0.1, 0.15) is 17.5 Å². The number of hydrogen-bond acceptors (Lipinski definition) is 2. The number of rotatable bonds is 2. The van der Waals surface area contributed by atoms with Crippen molar-refractivity contribution < 1.29 is 9.31 Å². The fourth-order valence-electron chi connectivity index (χ4n) is 2.78. The Kier molecular flexibility index (Phi) is 3.18. The number of nitrogens with zero attached hydrogens (tertiary/aromatic N) is 1. The van der Waals surface area contributed by atoms with Crippen molar-refractivity contribution in [3.8, 4) is 11.1 Å². The summed E-state index contributed by atoms with van der Waals surface area (Å²) in [5.41, 5.74) is 3.34. The van der Waals surface area contributed by atoms with E-state index in [-0.39, 0.29) is 10.7 Å². The lowest BCUT2D eigenvalue weighted by molar-refractivity contribution is -0.384. The van der Waals surface area contributed by atoms with E-state index in [2.05, 4.69) is 0 Å². The maximum Gasteiger partial charge on any atom is 0.277 e. The molecule has 0 aliphatic heterocycles. The molecule has 2 aromatic rings. The first-order chi connectivity index (χ1) is 9.58. The van der Waals surface area contributed by atoms with Gasteiger partial charge in [0.25, 0.3) is 5.69 Å². The van der Waals surface area contributed by atoms with Gasteiger partial charge in [0, 0.05) is 6.07 Å². The molecule has 1 aliphatic carbocycles. The van der Waals surface area contributed by atoms with Crippen LogP contribution in [-0.4, -0.2) is 4.92 Å². The Hall–Kier alpha value is -1.94. The van der Waals surface area contributed by atoms with Crippen LogP contribution in [-0.2, 0) is 12.8 Å². The highest BCUT2D eigenvalue weighted by atomic mass is 35.5. The molecule has 20 heavy (non-hydrogen) atoms. The van der Waals surface area contributed by atoms with E-state index in [0.29, 0.717) is 11.1 Å². The van der Waals surface area contributed by atoms with Gasteiger partial charge in [-0.15, -0.1) is 0 Å². The molecule has 0 N–H and O–H groups in total.